The molecule has 1 atom stereocenters. The second-order valence-electron chi connectivity index (χ2n) is 7.45. The lowest BCUT2D eigenvalue weighted by atomic mass is 9.88. The third kappa shape index (κ3) is 2.63. The molecule has 2 aromatic rings. The van der Waals surface area contributed by atoms with Gasteiger partial charge in [0.1, 0.15) is 5.66 Å². The maximum Gasteiger partial charge on any atom is 0.256 e. The molecule has 3 heteroatoms. The molecule has 0 aliphatic carbocycles. The molecule has 126 valence electrons. The zero-order valence-corrected chi connectivity index (χ0v) is 15.0. The van der Waals surface area contributed by atoms with E-state index in [0.717, 1.165) is 23.1 Å². The van der Waals surface area contributed by atoms with Crippen molar-refractivity contribution in [2.45, 2.75) is 45.3 Å². The van der Waals surface area contributed by atoms with E-state index in [1.165, 1.54) is 0 Å². The molecule has 0 saturated carbocycles. The van der Waals surface area contributed by atoms with Gasteiger partial charge < -0.3 is 4.90 Å². The van der Waals surface area contributed by atoms with Crippen molar-refractivity contribution in [3.63, 3.8) is 0 Å². The minimum atomic E-state index is -0.622. The number of hydrogen-bond acceptors (Lipinski definition) is 2. The van der Waals surface area contributed by atoms with Gasteiger partial charge in [-0.1, -0.05) is 55.5 Å². The van der Waals surface area contributed by atoms with Crippen molar-refractivity contribution >= 4 is 5.91 Å². The van der Waals surface area contributed by atoms with Gasteiger partial charge in [-0.05, 0) is 38.8 Å². The molecule has 0 aromatic heterocycles. The van der Waals surface area contributed by atoms with Crippen molar-refractivity contribution in [3.05, 3.63) is 71.3 Å². The van der Waals surface area contributed by atoms with E-state index in [1.807, 2.05) is 41.3 Å². The van der Waals surface area contributed by atoms with Gasteiger partial charge in [-0.2, -0.15) is 0 Å². The van der Waals surface area contributed by atoms with Gasteiger partial charge in [0, 0.05) is 23.2 Å². The monoisotopic (exact) mass is 322 g/mol. The zero-order valence-electron chi connectivity index (χ0n) is 15.0. The van der Waals surface area contributed by atoms with E-state index in [-0.39, 0.29) is 11.4 Å². The molecule has 1 aliphatic heterocycles. The minimum absolute atomic E-state index is 0.105. The number of nitrogens with zero attached hydrogens (tertiary/aromatic N) is 1. The van der Waals surface area contributed by atoms with Crippen molar-refractivity contribution in [2.75, 3.05) is 6.54 Å². The third-order valence-corrected chi connectivity index (χ3v) is 4.39. The number of benzene rings is 2. The Kier molecular flexibility index (Phi) is 4.22. The standard InChI is InChI=1S/C21H26N2O/c1-5-15-23-19(24)17-13-9-10-14-18(17)21(23,22-20(2,3)4)16-11-7-6-8-12-16/h6-14,22H,5,15H2,1-4H3. The molecular weight excluding hydrogens is 296 g/mol. The molecule has 1 N–H and O–H groups in total. The molecule has 0 radical (unpaired) electrons. The number of rotatable bonds is 4. The van der Waals surface area contributed by atoms with Gasteiger partial charge in [-0.25, -0.2) is 0 Å². The fraction of sp³-hybridized carbons (Fsp3) is 0.381. The van der Waals surface area contributed by atoms with Crippen LogP contribution in [0.3, 0.4) is 0 Å². The van der Waals surface area contributed by atoms with Crippen LogP contribution < -0.4 is 5.32 Å². The van der Waals surface area contributed by atoms with E-state index >= 15 is 0 Å². The first-order valence-electron chi connectivity index (χ1n) is 8.66. The van der Waals surface area contributed by atoms with Crippen molar-refractivity contribution in [2.24, 2.45) is 0 Å². The van der Waals surface area contributed by atoms with Crippen LogP contribution in [0.25, 0.3) is 0 Å². The highest BCUT2D eigenvalue weighted by atomic mass is 16.2. The lowest BCUT2D eigenvalue weighted by molar-refractivity contribution is 0.0481. The molecule has 1 unspecified atom stereocenters. The van der Waals surface area contributed by atoms with Crippen LogP contribution in [0.1, 0.15) is 55.6 Å². The molecule has 0 bridgehead atoms. The van der Waals surface area contributed by atoms with E-state index in [0.29, 0.717) is 6.54 Å². The number of nitrogens with one attached hydrogen (secondary N) is 1. The lowest BCUT2D eigenvalue weighted by Gasteiger charge is -2.45. The smallest absolute Gasteiger partial charge is 0.256 e. The SMILES string of the molecule is CCCN1C(=O)c2ccccc2C1(NC(C)(C)C)c1ccccc1. The van der Waals surface area contributed by atoms with E-state index in [2.05, 4.69) is 51.2 Å². The van der Waals surface area contributed by atoms with Crippen molar-refractivity contribution < 1.29 is 4.79 Å². The number of carbonyl (C=O) groups is 1. The van der Waals surface area contributed by atoms with Gasteiger partial charge >= 0.3 is 0 Å². The second kappa shape index (κ2) is 6.06. The maximum atomic E-state index is 13.1. The Labute approximate surface area is 144 Å². The number of amides is 1. The topological polar surface area (TPSA) is 32.3 Å². The third-order valence-electron chi connectivity index (χ3n) is 4.39. The van der Waals surface area contributed by atoms with Crippen LogP contribution in [0, 0.1) is 0 Å². The van der Waals surface area contributed by atoms with Gasteiger partial charge in [-0.15, -0.1) is 0 Å². The molecule has 1 heterocycles. The maximum absolute atomic E-state index is 13.1. The summed E-state index contributed by atoms with van der Waals surface area (Å²) in [7, 11) is 0. The second-order valence-corrected chi connectivity index (χ2v) is 7.45. The van der Waals surface area contributed by atoms with Crippen LogP contribution in [0.15, 0.2) is 54.6 Å². The summed E-state index contributed by atoms with van der Waals surface area (Å²) in [6.45, 7) is 9.27. The van der Waals surface area contributed by atoms with Crippen molar-refractivity contribution in [1.82, 2.24) is 10.2 Å². The van der Waals surface area contributed by atoms with Gasteiger partial charge in [0.15, 0.2) is 0 Å². The average molecular weight is 322 g/mol. The summed E-state index contributed by atoms with van der Waals surface area (Å²) in [6, 6.07) is 18.3. The Morgan fingerprint density at radius 3 is 2.25 bits per heavy atom. The van der Waals surface area contributed by atoms with Crippen molar-refractivity contribution in [1.29, 1.82) is 0 Å². The van der Waals surface area contributed by atoms with Crippen LogP contribution in [0.4, 0.5) is 0 Å². The predicted molar refractivity (Wildman–Crippen MR) is 97.9 cm³/mol. The van der Waals surface area contributed by atoms with Crippen LogP contribution in [0.2, 0.25) is 0 Å². The molecular formula is C21H26N2O. The Morgan fingerprint density at radius 1 is 1.00 bits per heavy atom. The van der Waals surface area contributed by atoms with Gasteiger partial charge in [0.05, 0.1) is 0 Å². The Hall–Kier alpha value is -2.13. The molecule has 3 rings (SSSR count). The summed E-state index contributed by atoms with van der Waals surface area (Å²) in [4.78, 5) is 15.1. The molecule has 2 aromatic carbocycles. The molecule has 1 amide bonds. The molecule has 0 spiro atoms. The summed E-state index contributed by atoms with van der Waals surface area (Å²) in [5.41, 5.74) is 2.17. The molecule has 3 nitrogen and oxygen atoms in total. The van der Waals surface area contributed by atoms with E-state index in [1.54, 1.807) is 0 Å². The van der Waals surface area contributed by atoms with Crippen molar-refractivity contribution in [3.8, 4) is 0 Å². The number of carbonyl (C=O) groups excluding carboxylic acids is 1. The number of fused-ring (bicyclic) bond motifs is 1. The van der Waals surface area contributed by atoms with E-state index in [4.69, 9.17) is 0 Å². The van der Waals surface area contributed by atoms with Crippen LogP contribution in [-0.4, -0.2) is 22.9 Å². The quantitative estimate of drug-likeness (QED) is 0.917. The highest BCUT2D eigenvalue weighted by Gasteiger charge is 2.51. The Balaban J connectivity index is 2.30. The van der Waals surface area contributed by atoms with Gasteiger partial charge in [-0.3, -0.25) is 10.1 Å². The average Bonchev–Trinajstić information content (AvgIpc) is 2.78. The molecule has 24 heavy (non-hydrogen) atoms. The number of hydrogen-bond donors (Lipinski definition) is 1. The summed E-state index contributed by atoms with van der Waals surface area (Å²) in [5, 5.41) is 3.77. The minimum Gasteiger partial charge on any atom is -0.312 e. The normalized spacial score (nSPS) is 20.3. The van der Waals surface area contributed by atoms with Crippen LogP contribution in [-0.2, 0) is 5.66 Å². The van der Waals surface area contributed by atoms with Gasteiger partial charge in [0.25, 0.3) is 5.91 Å². The Bertz CT molecular complexity index is 733. The zero-order chi connectivity index (χ0) is 17.4. The summed E-state index contributed by atoms with van der Waals surface area (Å²) in [5.74, 6) is 0.105. The van der Waals surface area contributed by atoms with E-state index in [9.17, 15) is 4.79 Å². The fourth-order valence-electron chi connectivity index (χ4n) is 3.66. The first-order valence-corrected chi connectivity index (χ1v) is 8.66. The largest absolute Gasteiger partial charge is 0.312 e. The van der Waals surface area contributed by atoms with Crippen LogP contribution >= 0.6 is 0 Å². The highest BCUT2D eigenvalue weighted by molar-refractivity contribution is 6.00. The Morgan fingerprint density at radius 2 is 1.62 bits per heavy atom. The predicted octanol–water partition coefficient (Wildman–Crippen LogP) is 4.14. The molecule has 1 aliphatic rings. The van der Waals surface area contributed by atoms with E-state index < -0.39 is 5.66 Å². The first-order chi connectivity index (χ1) is 11.4. The lowest BCUT2D eigenvalue weighted by Crippen LogP contribution is -2.60. The summed E-state index contributed by atoms with van der Waals surface area (Å²) < 4.78 is 0. The molecule has 0 fully saturated rings. The molecule has 0 saturated heterocycles. The fourth-order valence-corrected chi connectivity index (χ4v) is 3.66. The highest BCUT2D eigenvalue weighted by Crippen LogP contribution is 2.43. The summed E-state index contributed by atoms with van der Waals surface area (Å²) in [6.07, 6.45) is 0.917. The summed E-state index contributed by atoms with van der Waals surface area (Å²) >= 11 is 0. The van der Waals surface area contributed by atoms with Gasteiger partial charge in [0.2, 0.25) is 0 Å². The van der Waals surface area contributed by atoms with Crippen LogP contribution in [0.5, 0.6) is 0 Å². The first kappa shape index (κ1) is 16.7.